The lowest BCUT2D eigenvalue weighted by atomic mass is 10.0. The van der Waals surface area contributed by atoms with Gasteiger partial charge in [0.05, 0.1) is 13.5 Å². The monoisotopic (exact) mass is 371 g/mol. The molecule has 0 unspecified atom stereocenters. The third-order valence-electron chi connectivity index (χ3n) is 2.17. The molecular formula is C10H9Br2F2NO2. The van der Waals surface area contributed by atoms with Crippen LogP contribution < -0.4 is 0 Å². The second-order valence-electron chi connectivity index (χ2n) is 3.14. The lowest BCUT2D eigenvalue weighted by molar-refractivity contribution is -0.139. The molecule has 0 N–H and O–H groups in total. The van der Waals surface area contributed by atoms with E-state index >= 15 is 0 Å². The number of rotatable bonds is 4. The molecule has 1 rings (SSSR count). The van der Waals surface area contributed by atoms with E-state index in [0.29, 0.717) is 15.4 Å². The molecule has 0 saturated carbocycles. The normalized spacial score (nSPS) is 10.7. The Kier molecular flexibility index (Phi) is 5.45. The van der Waals surface area contributed by atoms with Gasteiger partial charge in [0.25, 0.3) is 6.43 Å². The van der Waals surface area contributed by atoms with E-state index in [2.05, 4.69) is 41.6 Å². The van der Waals surface area contributed by atoms with Gasteiger partial charge in [0, 0.05) is 16.0 Å². The zero-order valence-electron chi connectivity index (χ0n) is 8.84. The predicted molar refractivity (Wildman–Crippen MR) is 65.2 cm³/mol. The predicted octanol–water partition coefficient (Wildman–Crippen LogP) is 3.39. The molecule has 0 bridgehead atoms. The van der Waals surface area contributed by atoms with Crippen LogP contribution in [0.2, 0.25) is 0 Å². The highest BCUT2D eigenvalue weighted by Crippen LogP contribution is 2.30. The first-order valence-corrected chi connectivity index (χ1v) is 6.49. The molecule has 0 aromatic carbocycles. The third kappa shape index (κ3) is 3.45. The molecule has 0 fully saturated rings. The first-order chi connectivity index (χ1) is 8.01. The van der Waals surface area contributed by atoms with Crippen LogP contribution in [0, 0.1) is 0 Å². The molecule has 0 radical (unpaired) electrons. The van der Waals surface area contributed by atoms with Crippen molar-refractivity contribution in [2.75, 3.05) is 7.11 Å². The Labute approximate surface area is 114 Å². The van der Waals surface area contributed by atoms with Gasteiger partial charge in [-0.1, -0.05) is 15.9 Å². The summed E-state index contributed by atoms with van der Waals surface area (Å²) in [5.74, 6) is -0.575. The molecule has 94 valence electrons. The van der Waals surface area contributed by atoms with Crippen LogP contribution in [0.5, 0.6) is 0 Å². The molecule has 1 aromatic heterocycles. The van der Waals surface area contributed by atoms with Gasteiger partial charge in [0.15, 0.2) is 0 Å². The number of carbonyl (C=O) groups excluding carboxylic acids is 1. The maximum absolute atomic E-state index is 12.8. The maximum atomic E-state index is 12.8. The molecule has 0 aliphatic rings. The Morgan fingerprint density at radius 2 is 2.18 bits per heavy atom. The number of pyridine rings is 1. The van der Waals surface area contributed by atoms with Crippen molar-refractivity contribution in [2.24, 2.45) is 0 Å². The second-order valence-corrected chi connectivity index (χ2v) is 4.55. The number of ether oxygens (including phenoxy) is 1. The highest BCUT2D eigenvalue weighted by atomic mass is 79.9. The minimum atomic E-state index is -2.72. The average molecular weight is 373 g/mol. The van der Waals surface area contributed by atoms with Gasteiger partial charge in [-0.05, 0) is 27.1 Å². The number of hydrogen-bond donors (Lipinski definition) is 0. The summed E-state index contributed by atoms with van der Waals surface area (Å²) < 4.78 is 30.6. The number of halogens is 4. The van der Waals surface area contributed by atoms with Crippen molar-refractivity contribution in [3.05, 3.63) is 27.5 Å². The largest absolute Gasteiger partial charge is 0.469 e. The zero-order chi connectivity index (χ0) is 13.0. The van der Waals surface area contributed by atoms with Crippen LogP contribution in [0.15, 0.2) is 10.7 Å². The van der Waals surface area contributed by atoms with Crippen molar-refractivity contribution in [1.29, 1.82) is 0 Å². The summed E-state index contributed by atoms with van der Waals surface area (Å²) in [4.78, 5) is 14.9. The van der Waals surface area contributed by atoms with E-state index < -0.39 is 12.4 Å². The Balaban J connectivity index is 3.28. The number of methoxy groups -OCH3 is 1. The first-order valence-electron chi connectivity index (χ1n) is 4.58. The maximum Gasteiger partial charge on any atom is 0.310 e. The van der Waals surface area contributed by atoms with Crippen LogP contribution in [0.3, 0.4) is 0 Å². The van der Waals surface area contributed by atoms with Crippen molar-refractivity contribution < 1.29 is 18.3 Å². The number of carbonyl (C=O) groups is 1. The van der Waals surface area contributed by atoms with Crippen molar-refractivity contribution in [1.82, 2.24) is 4.98 Å². The lowest BCUT2D eigenvalue weighted by Gasteiger charge is -2.12. The van der Waals surface area contributed by atoms with Gasteiger partial charge in [-0.25, -0.2) is 8.78 Å². The summed E-state index contributed by atoms with van der Waals surface area (Å²) in [5, 5.41) is 0.349. The fourth-order valence-corrected chi connectivity index (χ4v) is 2.83. The molecule has 0 saturated heterocycles. The van der Waals surface area contributed by atoms with Crippen LogP contribution in [0.4, 0.5) is 8.78 Å². The van der Waals surface area contributed by atoms with Gasteiger partial charge in [-0.3, -0.25) is 9.78 Å². The minimum Gasteiger partial charge on any atom is -0.469 e. The van der Waals surface area contributed by atoms with Crippen molar-refractivity contribution >= 4 is 37.8 Å². The summed E-state index contributed by atoms with van der Waals surface area (Å²) in [6, 6.07) is 0. The Morgan fingerprint density at radius 3 is 2.65 bits per heavy atom. The molecule has 0 amide bonds. The summed E-state index contributed by atoms with van der Waals surface area (Å²) in [6.07, 6.45) is -1.64. The second kappa shape index (κ2) is 6.39. The Bertz CT molecular complexity index is 427. The van der Waals surface area contributed by atoms with Gasteiger partial charge >= 0.3 is 5.97 Å². The van der Waals surface area contributed by atoms with Crippen molar-refractivity contribution in [2.45, 2.75) is 18.2 Å². The number of alkyl halides is 3. The molecule has 1 heterocycles. The number of aromatic nitrogens is 1. The molecule has 7 heteroatoms. The van der Waals surface area contributed by atoms with Crippen LogP contribution in [-0.4, -0.2) is 18.1 Å². The van der Waals surface area contributed by atoms with E-state index in [1.807, 2.05) is 0 Å². The summed E-state index contributed by atoms with van der Waals surface area (Å²) in [7, 11) is 1.21. The van der Waals surface area contributed by atoms with Crippen LogP contribution >= 0.6 is 31.9 Å². The van der Waals surface area contributed by atoms with Gasteiger partial charge < -0.3 is 4.74 Å². The van der Waals surface area contributed by atoms with E-state index in [-0.39, 0.29) is 17.7 Å². The number of esters is 1. The quantitative estimate of drug-likeness (QED) is 0.600. The molecular weight excluding hydrogens is 364 g/mol. The molecule has 17 heavy (non-hydrogen) atoms. The third-order valence-corrected chi connectivity index (χ3v) is 3.41. The molecule has 0 atom stereocenters. The SMILES string of the molecule is COC(=O)Cc1c(C(F)F)ncc(Br)c1CBr. The number of hydrogen-bond acceptors (Lipinski definition) is 3. The average Bonchev–Trinajstić information content (AvgIpc) is 2.28. The van der Waals surface area contributed by atoms with Crippen molar-refractivity contribution in [3.8, 4) is 0 Å². The first kappa shape index (κ1) is 14.5. The standard InChI is InChI=1S/C10H9Br2F2NO2/c1-17-8(16)2-5-6(3-11)7(12)4-15-9(5)10(13)14/h4,10H,2-3H2,1H3. The molecule has 0 aliphatic carbocycles. The summed E-state index contributed by atoms with van der Waals surface area (Å²) >= 11 is 6.41. The Morgan fingerprint density at radius 1 is 1.53 bits per heavy atom. The van der Waals surface area contributed by atoms with Gasteiger partial charge in [0.1, 0.15) is 5.69 Å². The minimum absolute atomic E-state index is 0.207. The van der Waals surface area contributed by atoms with Crippen LogP contribution in [-0.2, 0) is 21.3 Å². The van der Waals surface area contributed by atoms with Crippen LogP contribution in [0.25, 0.3) is 0 Å². The lowest BCUT2D eigenvalue weighted by Crippen LogP contribution is -2.11. The highest BCUT2D eigenvalue weighted by Gasteiger charge is 2.21. The van der Waals surface area contributed by atoms with Crippen molar-refractivity contribution in [3.63, 3.8) is 0 Å². The fourth-order valence-electron chi connectivity index (χ4n) is 1.33. The fraction of sp³-hybridized carbons (Fsp3) is 0.400. The summed E-state index contributed by atoms with van der Waals surface area (Å²) in [6.45, 7) is 0. The van der Waals surface area contributed by atoms with E-state index in [0.717, 1.165) is 0 Å². The van der Waals surface area contributed by atoms with Crippen LogP contribution in [0.1, 0.15) is 23.2 Å². The smallest absolute Gasteiger partial charge is 0.310 e. The molecule has 3 nitrogen and oxygen atoms in total. The van der Waals surface area contributed by atoms with Gasteiger partial charge in [0.2, 0.25) is 0 Å². The van der Waals surface area contributed by atoms with Gasteiger partial charge in [-0.15, -0.1) is 0 Å². The topological polar surface area (TPSA) is 39.2 Å². The van der Waals surface area contributed by atoms with E-state index in [4.69, 9.17) is 0 Å². The summed E-state index contributed by atoms with van der Waals surface area (Å²) in [5.41, 5.74) is 0.409. The highest BCUT2D eigenvalue weighted by molar-refractivity contribution is 9.10. The molecule has 0 aliphatic heterocycles. The molecule has 1 aromatic rings. The van der Waals surface area contributed by atoms with E-state index in [9.17, 15) is 13.6 Å². The van der Waals surface area contributed by atoms with Gasteiger partial charge in [-0.2, -0.15) is 0 Å². The number of nitrogens with zero attached hydrogens (tertiary/aromatic N) is 1. The Hall–Kier alpha value is -0.560. The zero-order valence-corrected chi connectivity index (χ0v) is 12.0. The van der Waals surface area contributed by atoms with E-state index in [1.165, 1.54) is 13.3 Å². The molecule has 0 spiro atoms. The van der Waals surface area contributed by atoms with E-state index in [1.54, 1.807) is 0 Å².